The first-order valence-corrected chi connectivity index (χ1v) is 9.70. The molecule has 144 valence electrons. The number of methoxy groups -OCH3 is 1. The van der Waals surface area contributed by atoms with Gasteiger partial charge in [0.25, 0.3) is 0 Å². The first-order valence-electron chi connectivity index (χ1n) is 9.32. The van der Waals surface area contributed by atoms with E-state index in [1.165, 1.54) is 7.11 Å². The number of hydrogen-bond donors (Lipinski definition) is 0. The number of carbonyl (C=O) groups is 1. The topological polar surface area (TPSA) is 52.1 Å². The van der Waals surface area contributed by atoms with Crippen molar-refractivity contribution in [3.63, 3.8) is 0 Å². The molecule has 0 fully saturated rings. The van der Waals surface area contributed by atoms with Gasteiger partial charge in [0.2, 0.25) is 0 Å². The zero-order chi connectivity index (χ0) is 20.1. The van der Waals surface area contributed by atoms with E-state index in [9.17, 15) is 4.79 Å². The maximum absolute atomic E-state index is 12.5. The van der Waals surface area contributed by atoms with E-state index in [0.29, 0.717) is 17.3 Å². The molecule has 0 bridgehead atoms. The number of benzene rings is 2. The maximum Gasteiger partial charge on any atom is 0.313 e. The standard InChI is InChI=1S/C23H23ClN2O2/c1-4-8-19(23(27)28-3)20-15(2)25-22(17-9-6-5-7-10-17)26-21(20)16-11-13-18(24)14-12-16/h5-7,9-14,19H,4,8H2,1-3H3. The molecule has 0 saturated heterocycles. The van der Waals surface area contributed by atoms with Gasteiger partial charge in [0.1, 0.15) is 0 Å². The van der Waals surface area contributed by atoms with Crippen LogP contribution in [0.4, 0.5) is 0 Å². The lowest BCUT2D eigenvalue weighted by atomic mass is 9.89. The van der Waals surface area contributed by atoms with E-state index in [-0.39, 0.29) is 5.97 Å². The number of esters is 1. The molecule has 1 atom stereocenters. The smallest absolute Gasteiger partial charge is 0.313 e. The number of carbonyl (C=O) groups excluding carboxylic acids is 1. The van der Waals surface area contributed by atoms with Gasteiger partial charge in [-0.2, -0.15) is 0 Å². The summed E-state index contributed by atoms with van der Waals surface area (Å²) in [6.07, 6.45) is 1.52. The molecule has 0 aliphatic heterocycles. The molecule has 1 heterocycles. The van der Waals surface area contributed by atoms with Crippen LogP contribution in [0.2, 0.25) is 5.02 Å². The molecule has 0 amide bonds. The zero-order valence-electron chi connectivity index (χ0n) is 16.3. The Morgan fingerprint density at radius 1 is 1.04 bits per heavy atom. The summed E-state index contributed by atoms with van der Waals surface area (Å²) in [4.78, 5) is 22.1. The Hall–Kier alpha value is -2.72. The molecule has 0 radical (unpaired) electrons. The van der Waals surface area contributed by atoms with Gasteiger partial charge in [0.05, 0.1) is 18.7 Å². The number of halogens is 1. The van der Waals surface area contributed by atoms with Gasteiger partial charge < -0.3 is 4.74 Å². The van der Waals surface area contributed by atoms with Gasteiger partial charge in [0, 0.05) is 27.4 Å². The van der Waals surface area contributed by atoms with Gasteiger partial charge >= 0.3 is 5.97 Å². The molecule has 3 aromatic rings. The molecule has 0 aliphatic carbocycles. The fourth-order valence-electron chi connectivity index (χ4n) is 3.35. The van der Waals surface area contributed by atoms with Crippen LogP contribution in [0.5, 0.6) is 0 Å². The number of nitrogens with zero attached hydrogens (tertiary/aromatic N) is 2. The SMILES string of the molecule is CCCC(C(=O)OC)c1c(C)nc(-c2ccccc2)nc1-c1ccc(Cl)cc1. The van der Waals surface area contributed by atoms with Crippen LogP contribution in [-0.2, 0) is 9.53 Å². The van der Waals surface area contributed by atoms with E-state index < -0.39 is 5.92 Å². The van der Waals surface area contributed by atoms with Crippen LogP contribution in [-0.4, -0.2) is 23.0 Å². The third-order valence-corrected chi connectivity index (χ3v) is 4.95. The van der Waals surface area contributed by atoms with Crippen LogP contribution in [0.25, 0.3) is 22.6 Å². The normalized spacial score (nSPS) is 11.9. The highest BCUT2D eigenvalue weighted by Gasteiger charge is 2.28. The third-order valence-electron chi connectivity index (χ3n) is 4.70. The fraction of sp³-hybridized carbons (Fsp3) is 0.261. The van der Waals surface area contributed by atoms with E-state index in [4.69, 9.17) is 26.3 Å². The molecule has 0 spiro atoms. The molecule has 2 aromatic carbocycles. The van der Waals surface area contributed by atoms with E-state index >= 15 is 0 Å². The number of aromatic nitrogens is 2. The van der Waals surface area contributed by atoms with Crippen molar-refractivity contribution in [2.75, 3.05) is 7.11 Å². The second-order valence-electron chi connectivity index (χ2n) is 6.63. The number of hydrogen-bond acceptors (Lipinski definition) is 4. The molecule has 0 saturated carbocycles. The van der Waals surface area contributed by atoms with Crippen molar-refractivity contribution >= 4 is 17.6 Å². The zero-order valence-corrected chi connectivity index (χ0v) is 17.0. The third kappa shape index (κ3) is 4.23. The summed E-state index contributed by atoms with van der Waals surface area (Å²) < 4.78 is 5.08. The second-order valence-corrected chi connectivity index (χ2v) is 7.07. The number of ether oxygens (including phenoxy) is 1. The summed E-state index contributed by atoms with van der Waals surface area (Å²) >= 11 is 6.08. The van der Waals surface area contributed by atoms with Crippen molar-refractivity contribution in [3.05, 3.63) is 70.9 Å². The van der Waals surface area contributed by atoms with Crippen LogP contribution < -0.4 is 0 Å². The van der Waals surface area contributed by atoms with Crippen LogP contribution in [0, 0.1) is 6.92 Å². The fourth-order valence-corrected chi connectivity index (χ4v) is 3.48. The highest BCUT2D eigenvalue weighted by molar-refractivity contribution is 6.30. The largest absolute Gasteiger partial charge is 0.469 e. The lowest BCUT2D eigenvalue weighted by molar-refractivity contribution is -0.142. The van der Waals surface area contributed by atoms with Crippen molar-refractivity contribution in [3.8, 4) is 22.6 Å². The lowest BCUT2D eigenvalue weighted by Crippen LogP contribution is -2.18. The minimum Gasteiger partial charge on any atom is -0.469 e. The average molecular weight is 395 g/mol. The Kier molecular flexibility index (Phi) is 6.42. The van der Waals surface area contributed by atoms with Crippen molar-refractivity contribution in [1.82, 2.24) is 9.97 Å². The van der Waals surface area contributed by atoms with Crippen LogP contribution in [0.1, 0.15) is 36.9 Å². The highest BCUT2D eigenvalue weighted by Crippen LogP contribution is 2.35. The van der Waals surface area contributed by atoms with Crippen molar-refractivity contribution in [2.45, 2.75) is 32.6 Å². The first kappa shape index (κ1) is 20.0. The Morgan fingerprint density at radius 3 is 2.32 bits per heavy atom. The molecule has 3 rings (SSSR count). The van der Waals surface area contributed by atoms with Crippen molar-refractivity contribution < 1.29 is 9.53 Å². The summed E-state index contributed by atoms with van der Waals surface area (Å²) in [5.74, 6) is -0.0476. The lowest BCUT2D eigenvalue weighted by Gasteiger charge is -2.20. The van der Waals surface area contributed by atoms with E-state index in [0.717, 1.165) is 34.5 Å². The predicted molar refractivity (Wildman–Crippen MR) is 112 cm³/mol. The summed E-state index contributed by atoms with van der Waals surface area (Å²) in [5.41, 5.74) is 4.16. The van der Waals surface area contributed by atoms with Gasteiger partial charge in [-0.05, 0) is 25.5 Å². The second kappa shape index (κ2) is 8.98. The summed E-state index contributed by atoms with van der Waals surface area (Å²) in [6.45, 7) is 3.97. The van der Waals surface area contributed by atoms with Gasteiger partial charge in [0.15, 0.2) is 5.82 Å². The highest BCUT2D eigenvalue weighted by atomic mass is 35.5. The quantitative estimate of drug-likeness (QED) is 0.493. The Bertz CT molecular complexity index is 956. The number of aryl methyl sites for hydroxylation is 1. The van der Waals surface area contributed by atoms with E-state index in [1.54, 1.807) is 0 Å². The Labute approximate surface area is 170 Å². The molecule has 28 heavy (non-hydrogen) atoms. The summed E-state index contributed by atoms with van der Waals surface area (Å²) in [6, 6.07) is 17.3. The molecule has 0 N–H and O–H groups in total. The van der Waals surface area contributed by atoms with Gasteiger partial charge in [-0.15, -0.1) is 0 Å². The summed E-state index contributed by atoms with van der Waals surface area (Å²) in [7, 11) is 1.42. The molecular formula is C23H23ClN2O2. The maximum atomic E-state index is 12.5. The number of rotatable bonds is 6. The molecule has 5 heteroatoms. The van der Waals surface area contributed by atoms with Gasteiger partial charge in [-0.1, -0.05) is 67.4 Å². The summed E-state index contributed by atoms with van der Waals surface area (Å²) in [5, 5.41) is 0.650. The average Bonchev–Trinajstić information content (AvgIpc) is 2.72. The predicted octanol–water partition coefficient (Wildman–Crippen LogP) is 5.83. The van der Waals surface area contributed by atoms with E-state index in [2.05, 4.69) is 0 Å². The van der Waals surface area contributed by atoms with Crippen LogP contribution in [0.15, 0.2) is 54.6 Å². The van der Waals surface area contributed by atoms with Crippen molar-refractivity contribution in [2.24, 2.45) is 0 Å². The molecule has 4 nitrogen and oxygen atoms in total. The molecule has 1 unspecified atom stereocenters. The Balaban J connectivity index is 2.25. The van der Waals surface area contributed by atoms with Crippen LogP contribution >= 0.6 is 11.6 Å². The Morgan fingerprint density at radius 2 is 1.71 bits per heavy atom. The van der Waals surface area contributed by atoms with Gasteiger partial charge in [-0.3, -0.25) is 4.79 Å². The molecular weight excluding hydrogens is 372 g/mol. The minimum absolute atomic E-state index is 0.267. The monoisotopic (exact) mass is 394 g/mol. The van der Waals surface area contributed by atoms with Crippen LogP contribution in [0.3, 0.4) is 0 Å². The molecule has 0 aliphatic rings. The minimum atomic E-state index is -0.412. The van der Waals surface area contributed by atoms with E-state index in [1.807, 2.05) is 68.4 Å². The first-order chi connectivity index (χ1) is 13.5. The molecule has 1 aromatic heterocycles. The van der Waals surface area contributed by atoms with Crippen molar-refractivity contribution in [1.29, 1.82) is 0 Å². The van der Waals surface area contributed by atoms with Gasteiger partial charge in [-0.25, -0.2) is 9.97 Å².